The number of hydrogen-bond acceptors (Lipinski definition) is 2. The van der Waals surface area contributed by atoms with Gasteiger partial charge in [0.05, 0.1) is 12.5 Å². The minimum atomic E-state index is -0.261. The van der Waals surface area contributed by atoms with E-state index >= 15 is 0 Å². The molecule has 0 bridgehead atoms. The zero-order valence-electron chi connectivity index (χ0n) is 10.8. The van der Waals surface area contributed by atoms with Gasteiger partial charge in [-0.15, -0.1) is 0 Å². The Hall–Kier alpha value is -2.10. The standard InChI is InChI=1S/C14H17N3O/c1-14(2,3)16-13(18)12-9-15-10-17(12)11-7-5-4-6-8-11/h4-10H,1-3H3,(H,16,18). The first-order valence-electron chi connectivity index (χ1n) is 5.88. The molecule has 0 spiro atoms. The van der Waals surface area contributed by atoms with Crippen LogP contribution in [0.4, 0.5) is 0 Å². The number of hydrogen-bond donors (Lipinski definition) is 1. The van der Waals surface area contributed by atoms with Gasteiger partial charge < -0.3 is 5.32 Å². The van der Waals surface area contributed by atoms with Crippen LogP contribution in [0.25, 0.3) is 5.69 Å². The highest BCUT2D eigenvalue weighted by molar-refractivity contribution is 5.93. The van der Waals surface area contributed by atoms with E-state index in [0.717, 1.165) is 5.69 Å². The molecule has 0 saturated heterocycles. The molecule has 2 rings (SSSR count). The molecule has 94 valence electrons. The number of rotatable bonds is 2. The molecule has 1 aromatic carbocycles. The van der Waals surface area contributed by atoms with Crippen LogP contribution in [-0.2, 0) is 0 Å². The third-order valence-electron chi connectivity index (χ3n) is 2.39. The summed E-state index contributed by atoms with van der Waals surface area (Å²) in [4.78, 5) is 16.2. The minimum Gasteiger partial charge on any atom is -0.346 e. The molecule has 0 saturated carbocycles. The first-order chi connectivity index (χ1) is 8.47. The monoisotopic (exact) mass is 243 g/mol. The molecule has 0 aliphatic carbocycles. The fourth-order valence-corrected chi connectivity index (χ4v) is 1.66. The highest BCUT2D eigenvalue weighted by Gasteiger charge is 2.18. The second kappa shape index (κ2) is 4.64. The summed E-state index contributed by atoms with van der Waals surface area (Å²) in [6.07, 6.45) is 3.22. The SMILES string of the molecule is CC(C)(C)NC(=O)c1cncn1-c1ccccc1. The van der Waals surface area contributed by atoms with Crippen molar-refractivity contribution in [1.82, 2.24) is 14.9 Å². The van der Waals surface area contributed by atoms with Gasteiger partial charge in [-0.2, -0.15) is 0 Å². The van der Waals surface area contributed by atoms with Crippen molar-refractivity contribution in [1.29, 1.82) is 0 Å². The zero-order valence-corrected chi connectivity index (χ0v) is 10.8. The van der Waals surface area contributed by atoms with Crippen LogP contribution in [0.1, 0.15) is 31.3 Å². The van der Waals surface area contributed by atoms with Crippen molar-refractivity contribution >= 4 is 5.91 Å². The maximum atomic E-state index is 12.1. The van der Waals surface area contributed by atoms with E-state index in [-0.39, 0.29) is 11.4 Å². The molecule has 0 atom stereocenters. The second-order valence-corrected chi connectivity index (χ2v) is 5.19. The molecule has 18 heavy (non-hydrogen) atoms. The Balaban J connectivity index is 2.32. The van der Waals surface area contributed by atoms with Crippen molar-refractivity contribution in [3.8, 4) is 5.69 Å². The Bertz CT molecular complexity index is 538. The van der Waals surface area contributed by atoms with Gasteiger partial charge in [0.1, 0.15) is 5.69 Å². The van der Waals surface area contributed by atoms with Crippen LogP contribution >= 0.6 is 0 Å². The molecular formula is C14H17N3O. The van der Waals surface area contributed by atoms with E-state index in [1.807, 2.05) is 51.1 Å². The van der Waals surface area contributed by atoms with Crippen molar-refractivity contribution in [2.24, 2.45) is 0 Å². The molecule has 0 fully saturated rings. The predicted octanol–water partition coefficient (Wildman–Crippen LogP) is 2.40. The maximum absolute atomic E-state index is 12.1. The highest BCUT2D eigenvalue weighted by Crippen LogP contribution is 2.11. The molecule has 2 aromatic rings. The quantitative estimate of drug-likeness (QED) is 0.880. The third kappa shape index (κ3) is 2.77. The third-order valence-corrected chi connectivity index (χ3v) is 2.39. The van der Waals surface area contributed by atoms with E-state index in [1.165, 1.54) is 0 Å². The van der Waals surface area contributed by atoms with E-state index in [0.29, 0.717) is 5.69 Å². The van der Waals surface area contributed by atoms with Crippen LogP contribution in [-0.4, -0.2) is 21.0 Å². The lowest BCUT2D eigenvalue weighted by Gasteiger charge is -2.20. The molecule has 0 radical (unpaired) electrons. The Morgan fingerprint density at radius 3 is 2.50 bits per heavy atom. The number of aromatic nitrogens is 2. The topological polar surface area (TPSA) is 46.9 Å². The molecule has 1 amide bonds. The van der Waals surface area contributed by atoms with Gasteiger partial charge in [0.15, 0.2) is 0 Å². The molecule has 4 nitrogen and oxygen atoms in total. The molecule has 1 heterocycles. The molecule has 0 aliphatic rings. The summed E-state index contributed by atoms with van der Waals surface area (Å²) in [6.45, 7) is 5.86. The van der Waals surface area contributed by atoms with E-state index in [9.17, 15) is 4.79 Å². The van der Waals surface area contributed by atoms with Gasteiger partial charge in [-0.25, -0.2) is 4.98 Å². The summed E-state index contributed by atoms with van der Waals surface area (Å²) in [7, 11) is 0. The number of amides is 1. The average Bonchev–Trinajstić information content (AvgIpc) is 2.76. The van der Waals surface area contributed by atoms with Gasteiger partial charge >= 0.3 is 0 Å². The Kier molecular flexibility index (Phi) is 3.19. The molecule has 0 unspecified atom stereocenters. The van der Waals surface area contributed by atoms with E-state index in [4.69, 9.17) is 0 Å². The number of benzene rings is 1. The van der Waals surface area contributed by atoms with Gasteiger partial charge in [0.25, 0.3) is 5.91 Å². The summed E-state index contributed by atoms with van der Waals surface area (Å²) in [5.41, 5.74) is 1.20. The maximum Gasteiger partial charge on any atom is 0.270 e. The molecule has 1 N–H and O–H groups in total. The second-order valence-electron chi connectivity index (χ2n) is 5.19. The van der Waals surface area contributed by atoms with Crippen LogP contribution in [0, 0.1) is 0 Å². The Morgan fingerprint density at radius 1 is 1.22 bits per heavy atom. The smallest absolute Gasteiger partial charge is 0.270 e. The first kappa shape index (κ1) is 12.4. The van der Waals surface area contributed by atoms with Gasteiger partial charge in [-0.1, -0.05) is 18.2 Å². The fraction of sp³-hybridized carbons (Fsp3) is 0.286. The number of para-hydroxylation sites is 1. The van der Waals surface area contributed by atoms with Crippen molar-refractivity contribution in [3.63, 3.8) is 0 Å². The number of nitrogens with zero attached hydrogens (tertiary/aromatic N) is 2. The lowest BCUT2D eigenvalue weighted by Crippen LogP contribution is -2.41. The van der Waals surface area contributed by atoms with Crippen molar-refractivity contribution in [2.45, 2.75) is 26.3 Å². The summed E-state index contributed by atoms with van der Waals surface area (Å²) in [6, 6.07) is 9.68. The zero-order chi connectivity index (χ0) is 13.2. The first-order valence-corrected chi connectivity index (χ1v) is 5.88. The Labute approximate surface area is 107 Å². The number of nitrogens with one attached hydrogen (secondary N) is 1. The number of carbonyl (C=O) groups is 1. The minimum absolute atomic E-state index is 0.121. The van der Waals surface area contributed by atoms with Gasteiger partial charge in [0, 0.05) is 11.2 Å². The summed E-state index contributed by atoms with van der Waals surface area (Å²) >= 11 is 0. The molecule has 1 aromatic heterocycles. The van der Waals surface area contributed by atoms with E-state index in [2.05, 4.69) is 10.3 Å². The normalized spacial score (nSPS) is 11.3. The summed E-state index contributed by atoms with van der Waals surface area (Å²) < 4.78 is 1.78. The van der Waals surface area contributed by atoms with E-state index in [1.54, 1.807) is 17.1 Å². The largest absolute Gasteiger partial charge is 0.346 e. The molecule has 0 aliphatic heterocycles. The lowest BCUT2D eigenvalue weighted by atomic mass is 10.1. The summed E-state index contributed by atoms with van der Waals surface area (Å²) in [5.74, 6) is -0.121. The number of imidazole rings is 1. The molecule has 4 heteroatoms. The lowest BCUT2D eigenvalue weighted by molar-refractivity contribution is 0.0912. The number of carbonyl (C=O) groups excluding carboxylic acids is 1. The van der Waals surface area contributed by atoms with Crippen LogP contribution in [0.15, 0.2) is 42.9 Å². The van der Waals surface area contributed by atoms with Gasteiger partial charge in [-0.05, 0) is 32.9 Å². The predicted molar refractivity (Wildman–Crippen MR) is 70.8 cm³/mol. The Morgan fingerprint density at radius 2 is 1.89 bits per heavy atom. The van der Waals surface area contributed by atoms with Crippen LogP contribution in [0.2, 0.25) is 0 Å². The van der Waals surface area contributed by atoms with Crippen molar-refractivity contribution < 1.29 is 4.79 Å². The average molecular weight is 243 g/mol. The molecular weight excluding hydrogens is 226 g/mol. The van der Waals surface area contributed by atoms with Crippen LogP contribution < -0.4 is 5.32 Å². The van der Waals surface area contributed by atoms with Crippen LogP contribution in [0.3, 0.4) is 0 Å². The fourth-order valence-electron chi connectivity index (χ4n) is 1.66. The van der Waals surface area contributed by atoms with Crippen molar-refractivity contribution in [3.05, 3.63) is 48.5 Å². The van der Waals surface area contributed by atoms with Gasteiger partial charge in [-0.3, -0.25) is 9.36 Å². The van der Waals surface area contributed by atoms with Crippen LogP contribution in [0.5, 0.6) is 0 Å². The van der Waals surface area contributed by atoms with Crippen molar-refractivity contribution in [2.75, 3.05) is 0 Å². The van der Waals surface area contributed by atoms with E-state index < -0.39 is 0 Å². The van der Waals surface area contributed by atoms with Gasteiger partial charge in [0.2, 0.25) is 0 Å². The summed E-state index contributed by atoms with van der Waals surface area (Å²) in [5, 5.41) is 2.93. The highest BCUT2D eigenvalue weighted by atomic mass is 16.2.